The first kappa shape index (κ1) is 25.4. The predicted octanol–water partition coefficient (Wildman–Crippen LogP) is 2.10. The van der Waals surface area contributed by atoms with E-state index >= 15 is 0 Å². The van der Waals surface area contributed by atoms with Gasteiger partial charge in [-0.15, -0.1) is 0 Å². The zero-order chi connectivity index (χ0) is 15.5. The highest BCUT2D eigenvalue weighted by Gasteiger charge is 1.91. The zero-order valence-corrected chi connectivity index (χ0v) is 11.4. The van der Waals surface area contributed by atoms with Gasteiger partial charge in [0.15, 0.2) is 0 Å². The van der Waals surface area contributed by atoms with E-state index in [0.717, 1.165) is 0 Å². The van der Waals surface area contributed by atoms with Crippen molar-refractivity contribution in [2.24, 2.45) is 0 Å². The van der Waals surface area contributed by atoms with Crippen molar-refractivity contribution >= 4 is 17.9 Å². The maximum absolute atomic E-state index is 9.60. The molecule has 0 aromatic rings. The molecular formula is C12H21NO6. The molecule has 0 saturated carbocycles. The zero-order valence-electron chi connectivity index (χ0n) is 11.4. The lowest BCUT2D eigenvalue weighted by atomic mass is 10.4. The largest absolute Gasteiger partial charge is 0.478 e. The van der Waals surface area contributed by atoms with Crippen LogP contribution in [-0.4, -0.2) is 33.2 Å². The second kappa shape index (κ2) is 13.7. The molecule has 0 bridgehead atoms. The normalized spacial score (nSPS) is 7.11. The first-order chi connectivity index (χ1) is 7.93. The predicted molar refractivity (Wildman–Crippen MR) is 72.4 cm³/mol. The van der Waals surface area contributed by atoms with E-state index in [2.05, 4.69) is 19.7 Å². The van der Waals surface area contributed by atoms with Gasteiger partial charge in [0.05, 0.1) is 0 Å². The molecule has 0 aromatic carbocycles. The third kappa shape index (κ3) is 31.3. The van der Waals surface area contributed by atoms with Gasteiger partial charge in [0.25, 0.3) is 0 Å². The second-order valence-corrected chi connectivity index (χ2v) is 3.26. The van der Waals surface area contributed by atoms with Crippen LogP contribution >= 0.6 is 0 Å². The minimum atomic E-state index is -0.935. The summed E-state index contributed by atoms with van der Waals surface area (Å²) in [7, 11) is 0. The van der Waals surface area contributed by atoms with E-state index < -0.39 is 17.9 Å². The molecule has 0 rings (SSSR count). The Morgan fingerprint density at radius 2 is 0.684 bits per heavy atom. The van der Waals surface area contributed by atoms with Crippen LogP contribution in [0.15, 0.2) is 36.5 Å². The van der Waals surface area contributed by atoms with Crippen molar-refractivity contribution in [2.75, 3.05) is 0 Å². The maximum atomic E-state index is 9.60. The molecule has 0 atom stereocenters. The van der Waals surface area contributed by atoms with Gasteiger partial charge in [-0.05, 0) is 20.8 Å². The summed E-state index contributed by atoms with van der Waals surface area (Å²) < 4.78 is 0. The fourth-order valence-corrected chi connectivity index (χ4v) is 0. The summed E-state index contributed by atoms with van der Waals surface area (Å²) in [5.41, 5.74) is 0.528. The van der Waals surface area contributed by atoms with Crippen LogP contribution in [0.5, 0.6) is 0 Å². The lowest BCUT2D eigenvalue weighted by molar-refractivity contribution is -0.133. The molecule has 0 spiro atoms. The smallest absolute Gasteiger partial charge is 0.330 e. The minimum Gasteiger partial charge on any atom is -0.478 e. The fourth-order valence-electron chi connectivity index (χ4n) is 0. The highest BCUT2D eigenvalue weighted by molar-refractivity contribution is 5.85. The van der Waals surface area contributed by atoms with Crippen LogP contribution in [0.25, 0.3) is 0 Å². The van der Waals surface area contributed by atoms with Gasteiger partial charge < -0.3 is 21.5 Å². The molecule has 0 aliphatic rings. The average molecular weight is 275 g/mol. The molecular weight excluding hydrogens is 254 g/mol. The molecule has 0 aromatic heterocycles. The molecule has 0 fully saturated rings. The van der Waals surface area contributed by atoms with Crippen LogP contribution < -0.4 is 6.15 Å². The third-order valence-corrected chi connectivity index (χ3v) is 1.10. The summed E-state index contributed by atoms with van der Waals surface area (Å²) in [5, 5.41) is 23.7. The molecule has 6 N–H and O–H groups in total. The topological polar surface area (TPSA) is 147 Å². The summed E-state index contributed by atoms with van der Waals surface area (Å²) in [6, 6.07) is 0. The molecule has 0 aliphatic heterocycles. The van der Waals surface area contributed by atoms with Gasteiger partial charge in [-0.25, -0.2) is 14.4 Å². The SMILES string of the molecule is C=C(C)C(=O)O.C=C(C)C(=O)O.C=C(C)C(=O)O.N. The number of carboxylic acid groups (broad SMARTS) is 3. The van der Waals surface area contributed by atoms with Crippen molar-refractivity contribution in [1.82, 2.24) is 6.15 Å². The Balaban J connectivity index is -0.0000000865. The number of carbonyl (C=O) groups is 3. The Kier molecular flexibility index (Phi) is 18.3. The van der Waals surface area contributed by atoms with Crippen molar-refractivity contribution in [3.05, 3.63) is 36.5 Å². The molecule has 19 heavy (non-hydrogen) atoms. The molecule has 110 valence electrons. The summed E-state index contributed by atoms with van der Waals surface area (Å²) >= 11 is 0. The molecule has 0 unspecified atom stereocenters. The Labute approximate surface area is 112 Å². The number of carboxylic acids is 3. The van der Waals surface area contributed by atoms with E-state index in [-0.39, 0.29) is 22.9 Å². The lowest BCUT2D eigenvalue weighted by Crippen LogP contribution is -1.92. The van der Waals surface area contributed by atoms with Crippen molar-refractivity contribution in [3.8, 4) is 0 Å². The Hall–Kier alpha value is -2.41. The number of aliphatic carboxylic acids is 3. The van der Waals surface area contributed by atoms with E-state index in [1.807, 2.05) is 0 Å². The Morgan fingerprint density at radius 1 is 0.632 bits per heavy atom. The Bertz CT molecular complexity index is 277. The quantitative estimate of drug-likeness (QED) is 0.576. The van der Waals surface area contributed by atoms with Gasteiger partial charge in [0.1, 0.15) is 0 Å². The average Bonchev–Trinajstić information content (AvgIpc) is 2.18. The van der Waals surface area contributed by atoms with E-state index in [1.54, 1.807) is 0 Å². The van der Waals surface area contributed by atoms with E-state index in [0.29, 0.717) is 0 Å². The van der Waals surface area contributed by atoms with Crippen molar-refractivity contribution < 1.29 is 29.7 Å². The molecule has 0 aliphatic carbocycles. The van der Waals surface area contributed by atoms with Crippen LogP contribution in [0.4, 0.5) is 0 Å². The molecule has 0 radical (unpaired) electrons. The van der Waals surface area contributed by atoms with Crippen LogP contribution in [0, 0.1) is 0 Å². The van der Waals surface area contributed by atoms with Gasteiger partial charge in [-0.1, -0.05) is 19.7 Å². The van der Waals surface area contributed by atoms with Crippen LogP contribution in [-0.2, 0) is 14.4 Å². The summed E-state index contributed by atoms with van der Waals surface area (Å²) in [5.74, 6) is -2.81. The van der Waals surface area contributed by atoms with Crippen molar-refractivity contribution in [2.45, 2.75) is 20.8 Å². The third-order valence-electron chi connectivity index (χ3n) is 1.10. The molecule has 0 heterocycles. The van der Waals surface area contributed by atoms with Crippen molar-refractivity contribution in [3.63, 3.8) is 0 Å². The molecule has 7 nitrogen and oxygen atoms in total. The summed E-state index contributed by atoms with van der Waals surface area (Å²) in [6.45, 7) is 13.8. The maximum Gasteiger partial charge on any atom is 0.330 e. The first-order valence-electron chi connectivity index (χ1n) is 4.59. The van der Waals surface area contributed by atoms with Crippen LogP contribution in [0.1, 0.15) is 20.8 Å². The number of hydrogen-bond acceptors (Lipinski definition) is 4. The van der Waals surface area contributed by atoms with Gasteiger partial charge in [0.2, 0.25) is 0 Å². The van der Waals surface area contributed by atoms with E-state index in [9.17, 15) is 14.4 Å². The van der Waals surface area contributed by atoms with E-state index in [1.165, 1.54) is 20.8 Å². The molecule has 0 amide bonds. The van der Waals surface area contributed by atoms with Crippen molar-refractivity contribution in [1.29, 1.82) is 0 Å². The van der Waals surface area contributed by atoms with Gasteiger partial charge >= 0.3 is 17.9 Å². The van der Waals surface area contributed by atoms with Gasteiger partial charge in [-0.2, -0.15) is 0 Å². The molecule has 7 heteroatoms. The fraction of sp³-hybridized carbons (Fsp3) is 0.250. The highest BCUT2D eigenvalue weighted by Crippen LogP contribution is 1.82. The number of hydrogen-bond donors (Lipinski definition) is 4. The monoisotopic (exact) mass is 275 g/mol. The second-order valence-electron chi connectivity index (χ2n) is 3.26. The standard InChI is InChI=1S/3C4H6O2.H3N/c3*1-3(2)4(5)6;/h3*1H2,2H3,(H,5,6);1H3. The lowest BCUT2D eigenvalue weighted by Gasteiger charge is -1.79. The van der Waals surface area contributed by atoms with Crippen LogP contribution in [0.2, 0.25) is 0 Å². The highest BCUT2D eigenvalue weighted by atomic mass is 16.4. The van der Waals surface area contributed by atoms with Crippen LogP contribution in [0.3, 0.4) is 0 Å². The van der Waals surface area contributed by atoms with Gasteiger partial charge in [-0.3, -0.25) is 0 Å². The number of rotatable bonds is 3. The Morgan fingerprint density at radius 3 is 0.684 bits per heavy atom. The van der Waals surface area contributed by atoms with Gasteiger partial charge in [0, 0.05) is 16.7 Å². The minimum absolute atomic E-state index is 0. The first-order valence-corrected chi connectivity index (χ1v) is 4.59. The van der Waals surface area contributed by atoms with E-state index in [4.69, 9.17) is 15.3 Å². The molecule has 0 saturated heterocycles. The summed E-state index contributed by atoms with van der Waals surface area (Å²) in [4.78, 5) is 28.8. The summed E-state index contributed by atoms with van der Waals surface area (Å²) in [6.07, 6.45) is 0.